The van der Waals surface area contributed by atoms with Crippen LogP contribution in [0.5, 0.6) is 0 Å². The first-order chi connectivity index (χ1) is 12.5. The Bertz CT molecular complexity index is 843. The lowest BCUT2D eigenvalue weighted by Gasteiger charge is -2.30. The lowest BCUT2D eigenvalue weighted by atomic mass is 9.98. The molecule has 0 atom stereocenters. The van der Waals surface area contributed by atoms with E-state index in [9.17, 15) is 9.59 Å². The molecule has 3 rings (SSSR count). The van der Waals surface area contributed by atoms with Crippen LogP contribution in [-0.4, -0.2) is 72.9 Å². The third-order valence-corrected chi connectivity index (χ3v) is 5.10. The van der Waals surface area contributed by atoms with Gasteiger partial charge in [0.05, 0.1) is 0 Å². The number of aromatic amines is 1. The lowest BCUT2D eigenvalue weighted by Crippen LogP contribution is -2.39. The van der Waals surface area contributed by atoms with Crippen molar-refractivity contribution in [3.63, 3.8) is 0 Å². The molecule has 1 N–H and O–H groups in total. The number of amides is 1. The molecule has 2 heterocycles. The van der Waals surface area contributed by atoms with Crippen molar-refractivity contribution < 1.29 is 4.79 Å². The number of carbonyl (C=O) groups is 1. The molecule has 0 saturated heterocycles. The Morgan fingerprint density at radius 3 is 2.58 bits per heavy atom. The van der Waals surface area contributed by atoms with Crippen molar-refractivity contribution in [2.75, 3.05) is 47.3 Å². The molecule has 1 amide bonds. The number of aromatic nitrogens is 1. The molecular formula is C20H28N4O2. The van der Waals surface area contributed by atoms with Gasteiger partial charge in [0, 0.05) is 56.6 Å². The average Bonchev–Trinajstić information content (AvgIpc) is 2.64. The molecule has 6 heteroatoms. The summed E-state index contributed by atoms with van der Waals surface area (Å²) in [6.07, 6.45) is 1.23. The number of pyridine rings is 1. The van der Waals surface area contributed by atoms with E-state index in [0.29, 0.717) is 31.3 Å². The molecule has 0 spiro atoms. The van der Waals surface area contributed by atoms with Crippen molar-refractivity contribution in [3.8, 4) is 0 Å². The van der Waals surface area contributed by atoms with Crippen molar-refractivity contribution in [2.45, 2.75) is 19.4 Å². The first-order valence-corrected chi connectivity index (χ1v) is 9.19. The highest BCUT2D eigenvalue weighted by Crippen LogP contribution is 2.24. The Hall–Kier alpha value is -2.18. The molecule has 26 heavy (non-hydrogen) atoms. The largest absolute Gasteiger partial charge is 0.338 e. The zero-order chi connectivity index (χ0) is 18.7. The van der Waals surface area contributed by atoms with E-state index < -0.39 is 0 Å². The highest BCUT2D eigenvalue weighted by Gasteiger charge is 2.23. The summed E-state index contributed by atoms with van der Waals surface area (Å²) in [6.45, 7) is 3.95. The van der Waals surface area contributed by atoms with Gasteiger partial charge in [-0.3, -0.25) is 9.59 Å². The van der Waals surface area contributed by atoms with E-state index in [0.717, 1.165) is 36.3 Å². The molecular weight excluding hydrogens is 328 g/mol. The number of H-pyrrole nitrogens is 1. The zero-order valence-corrected chi connectivity index (χ0v) is 15.9. The number of likely N-dealkylation sites (N-methyl/N-ethyl adjacent to an activating group) is 2. The second-order valence-corrected chi connectivity index (χ2v) is 7.38. The monoisotopic (exact) mass is 356 g/mol. The highest BCUT2D eigenvalue weighted by molar-refractivity contribution is 5.86. The minimum absolute atomic E-state index is 0.0401. The molecule has 140 valence electrons. The number of rotatable bonds is 6. The molecule has 0 bridgehead atoms. The van der Waals surface area contributed by atoms with Crippen LogP contribution in [0.2, 0.25) is 0 Å². The Kier molecular flexibility index (Phi) is 5.74. The van der Waals surface area contributed by atoms with Crippen LogP contribution in [0.4, 0.5) is 0 Å². The number of hydrogen-bond donors (Lipinski definition) is 1. The maximum absolute atomic E-state index is 12.7. The van der Waals surface area contributed by atoms with E-state index >= 15 is 0 Å². The summed E-state index contributed by atoms with van der Waals surface area (Å²) < 4.78 is 0. The summed E-state index contributed by atoms with van der Waals surface area (Å²) in [5.74, 6) is 0.183. The van der Waals surface area contributed by atoms with E-state index in [-0.39, 0.29) is 11.5 Å². The van der Waals surface area contributed by atoms with Gasteiger partial charge in [0.1, 0.15) is 0 Å². The molecule has 1 aromatic carbocycles. The van der Waals surface area contributed by atoms with Crippen LogP contribution in [0.1, 0.15) is 17.7 Å². The number of nitrogens with one attached hydrogen (secondary N) is 1. The van der Waals surface area contributed by atoms with Crippen molar-refractivity contribution >= 4 is 16.7 Å². The second kappa shape index (κ2) is 8.01. The van der Waals surface area contributed by atoms with Gasteiger partial charge in [0.25, 0.3) is 5.56 Å². The fourth-order valence-electron chi connectivity index (χ4n) is 3.44. The molecule has 0 radical (unpaired) electrons. The smallest absolute Gasteiger partial charge is 0.256 e. The van der Waals surface area contributed by atoms with E-state index in [2.05, 4.69) is 35.9 Å². The van der Waals surface area contributed by atoms with Crippen molar-refractivity contribution in [1.82, 2.24) is 19.7 Å². The molecule has 1 aromatic heterocycles. The summed E-state index contributed by atoms with van der Waals surface area (Å²) in [5.41, 5.74) is 2.02. The minimum atomic E-state index is -0.0401. The fourth-order valence-corrected chi connectivity index (χ4v) is 3.44. The number of benzene rings is 1. The van der Waals surface area contributed by atoms with Gasteiger partial charge in [-0.2, -0.15) is 0 Å². The molecule has 0 unspecified atom stereocenters. The number of fused-ring (bicyclic) bond motifs is 3. The first kappa shape index (κ1) is 18.6. The SMILES string of the molecule is CN(C)CCN(C)CCC(=O)N1CCc2[nH]c(=O)c3ccccc3c2C1. The van der Waals surface area contributed by atoms with E-state index in [1.54, 1.807) is 0 Å². The average molecular weight is 356 g/mol. The molecule has 0 saturated carbocycles. The van der Waals surface area contributed by atoms with Crippen LogP contribution in [0, 0.1) is 0 Å². The summed E-state index contributed by atoms with van der Waals surface area (Å²) >= 11 is 0. The van der Waals surface area contributed by atoms with Crippen LogP contribution >= 0.6 is 0 Å². The topological polar surface area (TPSA) is 59.6 Å². The lowest BCUT2D eigenvalue weighted by molar-refractivity contribution is -0.132. The van der Waals surface area contributed by atoms with Gasteiger partial charge in [-0.25, -0.2) is 0 Å². The number of hydrogen-bond acceptors (Lipinski definition) is 4. The normalized spacial score (nSPS) is 14.3. The van der Waals surface area contributed by atoms with Gasteiger partial charge in [-0.1, -0.05) is 18.2 Å². The molecule has 0 fully saturated rings. The standard InChI is InChI=1S/C20H28N4O2/c1-22(2)12-13-23(3)10-9-19(25)24-11-8-18-17(14-24)15-6-4-5-7-16(15)20(26)21-18/h4-7H,8-14H2,1-3H3,(H,21,26). The van der Waals surface area contributed by atoms with Crippen molar-refractivity contribution in [3.05, 3.63) is 45.9 Å². The van der Waals surface area contributed by atoms with Gasteiger partial charge >= 0.3 is 0 Å². The quantitative estimate of drug-likeness (QED) is 0.848. The van der Waals surface area contributed by atoms with Crippen LogP contribution in [0.15, 0.2) is 29.1 Å². The van der Waals surface area contributed by atoms with Crippen LogP contribution in [0.25, 0.3) is 10.8 Å². The van der Waals surface area contributed by atoms with Gasteiger partial charge in [0.15, 0.2) is 0 Å². The molecule has 6 nitrogen and oxygen atoms in total. The van der Waals surface area contributed by atoms with E-state index in [4.69, 9.17) is 0 Å². The molecule has 0 aliphatic carbocycles. The summed E-state index contributed by atoms with van der Waals surface area (Å²) in [7, 11) is 6.16. The Balaban J connectivity index is 1.67. The zero-order valence-electron chi connectivity index (χ0n) is 15.9. The second-order valence-electron chi connectivity index (χ2n) is 7.38. The third-order valence-electron chi connectivity index (χ3n) is 5.10. The van der Waals surface area contributed by atoms with Gasteiger partial charge in [-0.05, 0) is 38.2 Å². The Morgan fingerprint density at radius 2 is 1.85 bits per heavy atom. The van der Waals surface area contributed by atoms with Crippen LogP contribution in [-0.2, 0) is 17.8 Å². The number of carbonyl (C=O) groups excluding carboxylic acids is 1. The van der Waals surface area contributed by atoms with Gasteiger partial charge in [0.2, 0.25) is 5.91 Å². The third kappa shape index (κ3) is 4.14. The molecule has 1 aliphatic rings. The summed E-state index contributed by atoms with van der Waals surface area (Å²) in [4.78, 5) is 34.1. The maximum Gasteiger partial charge on any atom is 0.256 e. The van der Waals surface area contributed by atoms with E-state index in [1.165, 1.54) is 0 Å². The Morgan fingerprint density at radius 1 is 1.12 bits per heavy atom. The van der Waals surface area contributed by atoms with Crippen LogP contribution < -0.4 is 5.56 Å². The molecule has 2 aromatic rings. The van der Waals surface area contributed by atoms with Crippen LogP contribution in [0.3, 0.4) is 0 Å². The highest BCUT2D eigenvalue weighted by atomic mass is 16.2. The van der Waals surface area contributed by atoms with Gasteiger partial charge in [-0.15, -0.1) is 0 Å². The number of nitrogens with zero attached hydrogens (tertiary/aromatic N) is 3. The van der Waals surface area contributed by atoms with Crippen molar-refractivity contribution in [1.29, 1.82) is 0 Å². The predicted octanol–water partition coefficient (Wildman–Crippen LogP) is 1.30. The van der Waals surface area contributed by atoms with E-state index in [1.807, 2.05) is 29.2 Å². The summed E-state index contributed by atoms with van der Waals surface area (Å²) in [5, 5.41) is 1.66. The van der Waals surface area contributed by atoms with Gasteiger partial charge < -0.3 is 19.7 Å². The fraction of sp³-hybridized carbons (Fsp3) is 0.500. The predicted molar refractivity (Wildman–Crippen MR) is 104 cm³/mol. The Labute approximate surface area is 154 Å². The first-order valence-electron chi connectivity index (χ1n) is 9.19. The summed E-state index contributed by atoms with van der Waals surface area (Å²) in [6, 6.07) is 7.64. The molecule has 1 aliphatic heterocycles. The van der Waals surface area contributed by atoms with Crippen molar-refractivity contribution in [2.24, 2.45) is 0 Å². The minimum Gasteiger partial charge on any atom is -0.338 e. The maximum atomic E-state index is 12.7.